The zero-order chi connectivity index (χ0) is 15.2. The minimum Gasteiger partial charge on any atom is -0.481 e. The van der Waals surface area contributed by atoms with Crippen LogP contribution >= 0.6 is 11.8 Å². The topological polar surface area (TPSA) is 79.5 Å². The molecule has 2 rings (SSSR count). The van der Waals surface area contributed by atoms with E-state index >= 15 is 0 Å². The van der Waals surface area contributed by atoms with Gasteiger partial charge in [-0.1, -0.05) is 18.2 Å². The fraction of sp³-hybridized carbons (Fsp3) is 0.333. The van der Waals surface area contributed by atoms with Crippen LogP contribution in [-0.4, -0.2) is 35.0 Å². The summed E-state index contributed by atoms with van der Waals surface area (Å²) in [5.41, 5.74) is 0.768. The molecule has 0 radical (unpaired) electrons. The van der Waals surface area contributed by atoms with Crippen LogP contribution in [0.15, 0.2) is 34.7 Å². The van der Waals surface area contributed by atoms with Crippen molar-refractivity contribution in [2.75, 3.05) is 18.1 Å². The minimum atomic E-state index is -0.845. The minimum absolute atomic E-state index is 0.0506. The van der Waals surface area contributed by atoms with E-state index in [4.69, 9.17) is 9.52 Å². The molecule has 0 fully saturated rings. The summed E-state index contributed by atoms with van der Waals surface area (Å²) in [7, 11) is 0. The van der Waals surface area contributed by atoms with Gasteiger partial charge >= 0.3 is 5.97 Å². The number of thioether (sulfide) groups is 1. The zero-order valence-corrected chi connectivity index (χ0v) is 12.5. The molecule has 1 aromatic heterocycles. The van der Waals surface area contributed by atoms with Crippen LogP contribution in [0.1, 0.15) is 18.6 Å². The second kappa shape index (κ2) is 7.17. The van der Waals surface area contributed by atoms with E-state index in [2.05, 4.69) is 5.32 Å². The third kappa shape index (κ3) is 4.26. The molecule has 0 aliphatic carbocycles. The molecule has 5 nitrogen and oxygen atoms in total. The Bertz CT molecular complexity index is 604. The lowest BCUT2D eigenvalue weighted by Gasteiger charge is -2.09. The highest BCUT2D eigenvalue weighted by molar-refractivity contribution is 7.99. The van der Waals surface area contributed by atoms with Crippen LogP contribution in [0.25, 0.3) is 11.0 Å². The Morgan fingerprint density at radius 2 is 2.14 bits per heavy atom. The first-order valence-electron chi connectivity index (χ1n) is 6.63. The molecule has 0 saturated carbocycles. The van der Waals surface area contributed by atoms with Crippen LogP contribution in [0.4, 0.5) is 0 Å². The lowest BCUT2D eigenvalue weighted by molar-refractivity contribution is -0.133. The molecule has 21 heavy (non-hydrogen) atoms. The molecule has 1 aromatic carbocycles. The van der Waals surface area contributed by atoms with Crippen molar-refractivity contribution < 1.29 is 19.1 Å². The lowest BCUT2D eigenvalue weighted by atomic mass is 10.1. The van der Waals surface area contributed by atoms with Gasteiger partial charge in [0, 0.05) is 17.7 Å². The third-order valence-corrected chi connectivity index (χ3v) is 3.98. The molecule has 0 aliphatic heterocycles. The molecule has 2 aromatic rings. The van der Waals surface area contributed by atoms with Gasteiger partial charge in [-0.15, -0.1) is 11.8 Å². The van der Waals surface area contributed by atoms with Crippen molar-refractivity contribution in [1.82, 2.24) is 5.32 Å². The maximum atomic E-state index is 12.0. The number of amides is 1. The summed E-state index contributed by atoms with van der Waals surface area (Å²) in [6.07, 6.45) is 0. The van der Waals surface area contributed by atoms with E-state index in [-0.39, 0.29) is 17.6 Å². The van der Waals surface area contributed by atoms with Crippen LogP contribution < -0.4 is 5.32 Å². The van der Waals surface area contributed by atoms with Crippen LogP contribution in [-0.2, 0) is 9.59 Å². The Kier molecular flexibility index (Phi) is 5.27. The van der Waals surface area contributed by atoms with Crippen LogP contribution in [0.2, 0.25) is 0 Å². The smallest absolute Gasteiger partial charge is 0.313 e. The van der Waals surface area contributed by atoms with Gasteiger partial charge in [-0.05, 0) is 19.1 Å². The first kappa shape index (κ1) is 15.4. The van der Waals surface area contributed by atoms with Crippen molar-refractivity contribution in [2.45, 2.75) is 12.8 Å². The molecule has 112 valence electrons. The van der Waals surface area contributed by atoms with E-state index in [1.807, 2.05) is 30.3 Å². The van der Waals surface area contributed by atoms with Crippen molar-refractivity contribution >= 4 is 34.6 Å². The summed E-state index contributed by atoms with van der Waals surface area (Å²) in [4.78, 5) is 22.4. The van der Waals surface area contributed by atoms with Gasteiger partial charge in [-0.25, -0.2) is 0 Å². The summed E-state index contributed by atoms with van der Waals surface area (Å²) in [5.74, 6) is -0.0828. The second-order valence-electron chi connectivity index (χ2n) is 4.65. The van der Waals surface area contributed by atoms with E-state index in [1.165, 1.54) is 11.8 Å². The molecular weight excluding hydrogens is 290 g/mol. The SMILES string of the molecule is CC(C(=O)NCCSCC(=O)O)c1cc2ccccc2o1. The summed E-state index contributed by atoms with van der Waals surface area (Å²) in [5, 5.41) is 12.3. The highest BCUT2D eigenvalue weighted by Gasteiger charge is 2.18. The average Bonchev–Trinajstić information content (AvgIpc) is 2.89. The van der Waals surface area contributed by atoms with Crippen LogP contribution in [0.5, 0.6) is 0 Å². The number of hydrogen-bond donors (Lipinski definition) is 2. The summed E-state index contributed by atoms with van der Waals surface area (Å²) in [6.45, 7) is 2.23. The zero-order valence-electron chi connectivity index (χ0n) is 11.7. The standard InChI is InChI=1S/C15H17NO4S/c1-10(15(19)16-6-7-21-9-14(17)18)13-8-11-4-2-3-5-12(11)20-13/h2-5,8,10H,6-7,9H2,1H3,(H,16,19)(H,17,18). The summed E-state index contributed by atoms with van der Waals surface area (Å²) >= 11 is 1.28. The monoisotopic (exact) mass is 307 g/mol. The number of fused-ring (bicyclic) bond motifs is 1. The van der Waals surface area contributed by atoms with E-state index in [1.54, 1.807) is 6.92 Å². The molecular formula is C15H17NO4S. The van der Waals surface area contributed by atoms with Crippen LogP contribution in [0.3, 0.4) is 0 Å². The van der Waals surface area contributed by atoms with Crippen LogP contribution in [0, 0.1) is 0 Å². The molecule has 1 unspecified atom stereocenters. The number of nitrogens with one attached hydrogen (secondary N) is 1. The summed E-state index contributed by atoms with van der Waals surface area (Å²) < 4.78 is 5.67. The van der Waals surface area contributed by atoms with Gasteiger partial charge in [0.25, 0.3) is 0 Å². The number of carbonyl (C=O) groups excluding carboxylic acids is 1. The highest BCUT2D eigenvalue weighted by atomic mass is 32.2. The fourth-order valence-corrected chi connectivity index (χ4v) is 2.47. The Labute approximate surface area is 126 Å². The predicted octanol–water partition coefficient (Wildman–Crippen LogP) is 2.47. The van der Waals surface area contributed by atoms with Gasteiger partial charge in [0.15, 0.2) is 0 Å². The number of benzene rings is 1. The number of para-hydroxylation sites is 1. The number of hydrogen-bond acceptors (Lipinski definition) is 4. The van der Waals surface area contributed by atoms with Gasteiger partial charge in [0.1, 0.15) is 11.3 Å². The van der Waals surface area contributed by atoms with Crippen molar-refractivity contribution in [1.29, 1.82) is 0 Å². The number of carboxylic acids is 1. The normalized spacial score (nSPS) is 12.2. The summed E-state index contributed by atoms with van der Waals surface area (Å²) in [6, 6.07) is 9.49. The van der Waals surface area contributed by atoms with Gasteiger partial charge in [-0.3, -0.25) is 9.59 Å². The molecule has 6 heteroatoms. The molecule has 2 N–H and O–H groups in total. The van der Waals surface area contributed by atoms with Crippen molar-refractivity contribution in [3.8, 4) is 0 Å². The fourth-order valence-electron chi connectivity index (χ4n) is 1.90. The number of aliphatic carboxylic acids is 1. The quantitative estimate of drug-likeness (QED) is 0.768. The van der Waals surface area contributed by atoms with Crippen molar-refractivity contribution in [2.24, 2.45) is 0 Å². The van der Waals surface area contributed by atoms with E-state index in [0.717, 1.165) is 11.0 Å². The molecule has 0 aliphatic rings. The van der Waals surface area contributed by atoms with Gasteiger partial charge in [-0.2, -0.15) is 0 Å². The molecule has 0 saturated heterocycles. The van der Waals surface area contributed by atoms with Crippen molar-refractivity contribution in [3.05, 3.63) is 36.1 Å². The third-order valence-electron chi connectivity index (χ3n) is 3.04. The Balaban J connectivity index is 1.85. The van der Waals surface area contributed by atoms with Gasteiger partial charge in [0.2, 0.25) is 5.91 Å². The number of furan rings is 1. The molecule has 1 amide bonds. The number of carboxylic acid groups (broad SMARTS) is 1. The average molecular weight is 307 g/mol. The van der Waals surface area contributed by atoms with E-state index in [0.29, 0.717) is 18.1 Å². The lowest BCUT2D eigenvalue weighted by Crippen LogP contribution is -2.29. The first-order valence-corrected chi connectivity index (χ1v) is 7.79. The van der Waals surface area contributed by atoms with E-state index < -0.39 is 5.97 Å². The first-order chi connectivity index (χ1) is 10.1. The maximum absolute atomic E-state index is 12.0. The Morgan fingerprint density at radius 1 is 1.38 bits per heavy atom. The molecule has 0 spiro atoms. The molecule has 1 heterocycles. The molecule has 0 bridgehead atoms. The van der Waals surface area contributed by atoms with Gasteiger partial charge in [0.05, 0.1) is 11.7 Å². The number of rotatable bonds is 7. The Morgan fingerprint density at radius 3 is 2.86 bits per heavy atom. The number of carbonyl (C=O) groups is 2. The largest absolute Gasteiger partial charge is 0.481 e. The van der Waals surface area contributed by atoms with Crippen molar-refractivity contribution in [3.63, 3.8) is 0 Å². The maximum Gasteiger partial charge on any atom is 0.313 e. The van der Waals surface area contributed by atoms with E-state index in [9.17, 15) is 9.59 Å². The Hall–Kier alpha value is -1.95. The molecule has 1 atom stereocenters. The predicted molar refractivity (Wildman–Crippen MR) is 82.6 cm³/mol. The highest BCUT2D eigenvalue weighted by Crippen LogP contribution is 2.24. The van der Waals surface area contributed by atoms with Gasteiger partial charge < -0.3 is 14.8 Å². The second-order valence-corrected chi connectivity index (χ2v) is 5.75.